The molecule has 4 amide bonds. The molecule has 0 spiro atoms. The Morgan fingerprint density at radius 3 is 2.23 bits per heavy atom. The highest BCUT2D eigenvalue weighted by Gasteiger charge is 2.37. The summed E-state index contributed by atoms with van der Waals surface area (Å²) in [7, 11) is 1.27. The van der Waals surface area contributed by atoms with E-state index in [2.05, 4.69) is 6.58 Å². The second-order valence-electron chi connectivity index (χ2n) is 8.71. The average molecular weight is 589 g/mol. The third kappa shape index (κ3) is 6.02. The lowest BCUT2D eigenvalue weighted by Gasteiger charge is -2.26. The first-order valence-electron chi connectivity index (χ1n) is 12.0. The number of ether oxygens (including phenoxy) is 2. The number of nitro groups is 3. The smallest absolute Gasteiger partial charge is 0.335 e. The van der Waals surface area contributed by atoms with Gasteiger partial charge in [0, 0.05) is 23.8 Å². The van der Waals surface area contributed by atoms with Crippen molar-refractivity contribution < 1.29 is 38.6 Å². The molecule has 0 radical (unpaired) electrons. The summed E-state index contributed by atoms with van der Waals surface area (Å²) in [5.74, 6) is -2.40. The number of rotatable bonds is 10. The molecular weight excluding hydrogens is 570 g/mol. The maximum Gasteiger partial charge on any atom is 0.335 e. The summed E-state index contributed by atoms with van der Waals surface area (Å²) in [4.78, 5) is 70.6. The third-order valence-corrected chi connectivity index (χ3v) is 6.01. The average Bonchev–Trinajstić information content (AvgIpc) is 2.96. The van der Waals surface area contributed by atoms with Gasteiger partial charge in [0.1, 0.15) is 5.57 Å². The molecule has 1 fully saturated rings. The maximum atomic E-state index is 13.3. The summed E-state index contributed by atoms with van der Waals surface area (Å²) in [5.41, 5.74) is -1.67. The van der Waals surface area contributed by atoms with Crippen molar-refractivity contribution in [3.05, 3.63) is 114 Å². The van der Waals surface area contributed by atoms with Crippen molar-refractivity contribution in [2.75, 3.05) is 12.0 Å². The first-order chi connectivity index (χ1) is 20.4. The number of hydrogen-bond acceptors (Lipinski definition) is 11. The normalized spacial score (nSPS) is 13.8. The van der Waals surface area contributed by atoms with Gasteiger partial charge in [-0.05, 0) is 42.3 Å². The summed E-state index contributed by atoms with van der Waals surface area (Å²) in [6.45, 7) is 3.67. The van der Waals surface area contributed by atoms with Crippen molar-refractivity contribution in [3.63, 3.8) is 0 Å². The Morgan fingerprint density at radius 2 is 1.60 bits per heavy atom. The molecule has 0 aliphatic carbocycles. The zero-order chi connectivity index (χ0) is 31.4. The Balaban J connectivity index is 1.78. The van der Waals surface area contributed by atoms with E-state index in [9.17, 15) is 44.7 Å². The van der Waals surface area contributed by atoms with E-state index in [4.69, 9.17) is 9.47 Å². The fourth-order valence-corrected chi connectivity index (χ4v) is 4.10. The molecule has 1 aliphatic heterocycles. The standard InChI is InChI=1S/C27H19N5O11/c1-3-5-16-10-15(12-23(42-2)24(16)43-22-9-8-19(31(38)39)14-21(22)32(40)41)11-20-25(33)28-27(35)29(26(20)34)17-6-4-7-18(13-17)30(36)37/h3-4,6-14H,1,5H2,2H3,(H,28,33,35)/b20-11+. The van der Waals surface area contributed by atoms with Crippen LogP contribution in [-0.2, 0) is 16.0 Å². The number of nitro benzene ring substituents is 3. The van der Waals surface area contributed by atoms with Crippen LogP contribution in [0.3, 0.4) is 0 Å². The van der Waals surface area contributed by atoms with E-state index >= 15 is 0 Å². The number of anilines is 1. The molecule has 0 unspecified atom stereocenters. The van der Waals surface area contributed by atoms with Crippen LogP contribution in [0.4, 0.5) is 27.5 Å². The van der Waals surface area contributed by atoms with Gasteiger partial charge in [0.25, 0.3) is 23.2 Å². The summed E-state index contributed by atoms with van der Waals surface area (Å²) >= 11 is 0. The number of methoxy groups -OCH3 is 1. The number of nitrogens with zero attached hydrogens (tertiary/aromatic N) is 4. The molecule has 4 rings (SSSR count). The minimum absolute atomic E-state index is 0.00525. The number of benzene rings is 3. The van der Waals surface area contributed by atoms with Gasteiger partial charge in [-0.2, -0.15) is 0 Å². The van der Waals surface area contributed by atoms with Crippen LogP contribution in [0, 0.1) is 30.3 Å². The number of barbiturate groups is 1. The quantitative estimate of drug-likeness (QED) is 0.113. The molecule has 1 N–H and O–H groups in total. The van der Waals surface area contributed by atoms with Gasteiger partial charge < -0.3 is 9.47 Å². The van der Waals surface area contributed by atoms with Crippen LogP contribution in [0.25, 0.3) is 6.08 Å². The van der Waals surface area contributed by atoms with Crippen molar-refractivity contribution in [3.8, 4) is 17.2 Å². The van der Waals surface area contributed by atoms with E-state index in [0.29, 0.717) is 10.5 Å². The second kappa shape index (κ2) is 12.0. The van der Waals surface area contributed by atoms with Gasteiger partial charge in [-0.3, -0.25) is 45.2 Å². The number of non-ortho nitro benzene ring substituents is 2. The number of urea groups is 1. The minimum Gasteiger partial charge on any atom is -0.493 e. The topological polar surface area (TPSA) is 214 Å². The molecule has 0 aromatic heterocycles. The highest BCUT2D eigenvalue weighted by molar-refractivity contribution is 6.39. The predicted molar refractivity (Wildman–Crippen MR) is 149 cm³/mol. The molecule has 0 bridgehead atoms. The number of hydrogen-bond donors (Lipinski definition) is 1. The molecule has 43 heavy (non-hydrogen) atoms. The molecule has 0 atom stereocenters. The third-order valence-electron chi connectivity index (χ3n) is 6.01. The highest BCUT2D eigenvalue weighted by Crippen LogP contribution is 2.41. The first-order valence-corrected chi connectivity index (χ1v) is 12.0. The lowest BCUT2D eigenvalue weighted by Crippen LogP contribution is -2.54. The van der Waals surface area contributed by atoms with Crippen LogP contribution in [-0.4, -0.2) is 39.7 Å². The summed E-state index contributed by atoms with van der Waals surface area (Å²) in [5, 5.41) is 35.9. The van der Waals surface area contributed by atoms with E-state index in [0.717, 1.165) is 30.3 Å². The Bertz CT molecular complexity index is 1770. The number of amides is 4. The van der Waals surface area contributed by atoms with Crippen molar-refractivity contribution in [1.82, 2.24) is 5.32 Å². The van der Waals surface area contributed by atoms with Gasteiger partial charge >= 0.3 is 11.7 Å². The van der Waals surface area contributed by atoms with Gasteiger partial charge in [-0.25, -0.2) is 9.69 Å². The minimum atomic E-state index is -1.11. The first kappa shape index (κ1) is 29.5. The largest absolute Gasteiger partial charge is 0.493 e. The van der Waals surface area contributed by atoms with Crippen LogP contribution >= 0.6 is 0 Å². The van der Waals surface area contributed by atoms with Crippen molar-refractivity contribution in [1.29, 1.82) is 0 Å². The Hall–Kier alpha value is -6.45. The van der Waals surface area contributed by atoms with Crippen LogP contribution in [0.15, 0.2) is 72.8 Å². The van der Waals surface area contributed by atoms with Gasteiger partial charge in [-0.15, -0.1) is 6.58 Å². The molecule has 1 heterocycles. The molecule has 16 nitrogen and oxygen atoms in total. The molecule has 0 saturated carbocycles. The number of carbonyl (C=O) groups excluding carboxylic acids is 3. The Labute approximate surface area is 240 Å². The maximum absolute atomic E-state index is 13.3. The molecule has 218 valence electrons. The summed E-state index contributed by atoms with van der Waals surface area (Å²) < 4.78 is 11.2. The zero-order valence-electron chi connectivity index (χ0n) is 22.0. The molecule has 16 heteroatoms. The second-order valence-corrected chi connectivity index (χ2v) is 8.71. The van der Waals surface area contributed by atoms with Gasteiger partial charge in [0.2, 0.25) is 5.75 Å². The van der Waals surface area contributed by atoms with E-state index in [1.165, 1.54) is 43.5 Å². The number of allylic oxidation sites excluding steroid dienone is 1. The fourth-order valence-electron chi connectivity index (χ4n) is 4.10. The van der Waals surface area contributed by atoms with E-state index < -0.39 is 49.6 Å². The van der Waals surface area contributed by atoms with Crippen molar-refractivity contribution in [2.24, 2.45) is 0 Å². The molecule has 3 aromatic carbocycles. The lowest BCUT2D eigenvalue weighted by molar-refractivity contribution is -0.394. The number of carbonyl (C=O) groups is 3. The van der Waals surface area contributed by atoms with Crippen LogP contribution in [0.2, 0.25) is 0 Å². The van der Waals surface area contributed by atoms with Crippen LogP contribution in [0.5, 0.6) is 17.2 Å². The van der Waals surface area contributed by atoms with Crippen molar-refractivity contribution >= 4 is 46.7 Å². The number of nitrogens with one attached hydrogen (secondary N) is 1. The number of imide groups is 2. The van der Waals surface area contributed by atoms with Crippen LogP contribution in [0.1, 0.15) is 11.1 Å². The van der Waals surface area contributed by atoms with E-state index in [1.807, 2.05) is 5.32 Å². The lowest BCUT2D eigenvalue weighted by atomic mass is 10.0. The van der Waals surface area contributed by atoms with E-state index in [-0.39, 0.29) is 40.6 Å². The molecule has 1 aliphatic rings. The monoisotopic (exact) mass is 589 g/mol. The molecule has 1 saturated heterocycles. The van der Waals surface area contributed by atoms with Gasteiger partial charge in [0.15, 0.2) is 11.5 Å². The van der Waals surface area contributed by atoms with E-state index in [1.54, 1.807) is 0 Å². The van der Waals surface area contributed by atoms with Gasteiger partial charge in [-0.1, -0.05) is 12.1 Å². The molecular formula is C27H19N5O11. The van der Waals surface area contributed by atoms with Gasteiger partial charge in [0.05, 0.1) is 33.6 Å². The van der Waals surface area contributed by atoms with Crippen molar-refractivity contribution in [2.45, 2.75) is 6.42 Å². The fraction of sp³-hybridized carbons (Fsp3) is 0.0741. The summed E-state index contributed by atoms with van der Waals surface area (Å²) in [6.07, 6.45) is 2.74. The SMILES string of the molecule is C=CCc1cc(/C=C2\C(=O)NC(=O)N(c3cccc([N+](=O)[O-])c3)C2=O)cc(OC)c1Oc1ccc([N+](=O)[O-])cc1[N+](=O)[O-]. The highest BCUT2D eigenvalue weighted by atomic mass is 16.6. The Morgan fingerprint density at radius 1 is 0.907 bits per heavy atom. The zero-order valence-corrected chi connectivity index (χ0v) is 22.0. The predicted octanol–water partition coefficient (Wildman–Crippen LogP) is 4.61. The van der Waals surface area contributed by atoms with Crippen LogP contribution < -0.4 is 19.7 Å². The molecule has 3 aromatic rings. The summed E-state index contributed by atoms with van der Waals surface area (Å²) in [6, 6.07) is 9.28. The Kier molecular flexibility index (Phi) is 8.22.